The largest absolute Gasteiger partial charge is 0.464 e. The predicted octanol–water partition coefficient (Wildman–Crippen LogP) is 3.30. The van der Waals surface area contributed by atoms with Gasteiger partial charge >= 0.3 is 5.97 Å². The molecule has 0 fully saturated rings. The number of H-pyrrole nitrogens is 1. The molecule has 0 bridgehead atoms. The maximum Gasteiger partial charge on any atom is 0.358 e. The molecule has 0 aliphatic rings. The van der Waals surface area contributed by atoms with Crippen LogP contribution in [0.5, 0.6) is 0 Å². The Morgan fingerprint density at radius 2 is 2.00 bits per heavy atom. The van der Waals surface area contributed by atoms with E-state index < -0.39 is 5.97 Å². The van der Waals surface area contributed by atoms with Crippen LogP contribution in [0.2, 0.25) is 0 Å². The molecule has 0 aliphatic heterocycles. The Bertz CT molecular complexity index is 600. The van der Waals surface area contributed by atoms with Crippen molar-refractivity contribution in [2.45, 2.75) is 26.7 Å². The van der Waals surface area contributed by atoms with E-state index in [2.05, 4.69) is 9.97 Å². The summed E-state index contributed by atoms with van der Waals surface area (Å²) in [5.41, 5.74) is 3.29. The van der Waals surface area contributed by atoms with Gasteiger partial charge in [0, 0.05) is 5.56 Å². The second-order valence-electron chi connectivity index (χ2n) is 4.81. The summed E-state index contributed by atoms with van der Waals surface area (Å²) < 4.78 is 4.79. The van der Waals surface area contributed by atoms with E-state index >= 15 is 0 Å². The highest BCUT2D eigenvalue weighted by molar-refractivity contribution is 5.89. The molecule has 0 amide bonds. The Morgan fingerprint density at radius 3 is 2.58 bits per heavy atom. The predicted molar refractivity (Wildman–Crippen MR) is 74.2 cm³/mol. The van der Waals surface area contributed by atoms with Crippen molar-refractivity contribution >= 4 is 5.97 Å². The Labute approximate surface area is 112 Å². The second kappa shape index (κ2) is 5.26. The van der Waals surface area contributed by atoms with Gasteiger partial charge in [0.2, 0.25) is 0 Å². The van der Waals surface area contributed by atoms with Gasteiger partial charge in [-0.3, -0.25) is 0 Å². The van der Waals surface area contributed by atoms with Crippen molar-refractivity contribution in [3.05, 3.63) is 41.2 Å². The number of ether oxygens (including phenoxy) is 1. The van der Waals surface area contributed by atoms with Crippen molar-refractivity contribution < 1.29 is 9.53 Å². The highest BCUT2D eigenvalue weighted by atomic mass is 16.5. The third-order valence-corrected chi connectivity index (χ3v) is 3.09. The number of methoxy groups -OCH3 is 1. The summed E-state index contributed by atoms with van der Waals surface area (Å²) in [7, 11) is 1.37. The highest BCUT2D eigenvalue weighted by Gasteiger charge is 2.21. The van der Waals surface area contributed by atoms with Gasteiger partial charge in [-0.05, 0) is 18.4 Å². The molecule has 2 aromatic rings. The molecule has 2 rings (SSSR count). The Balaban J connectivity index is 2.55. The lowest BCUT2D eigenvalue weighted by molar-refractivity contribution is 0.0593. The minimum absolute atomic E-state index is 0.180. The first kappa shape index (κ1) is 13.3. The number of nitrogens with zero attached hydrogens (tertiary/aromatic N) is 1. The van der Waals surface area contributed by atoms with E-state index in [0.717, 1.165) is 16.8 Å². The molecule has 1 aromatic carbocycles. The van der Waals surface area contributed by atoms with Gasteiger partial charge in [0.1, 0.15) is 5.82 Å². The molecule has 0 saturated carbocycles. The molecule has 1 heterocycles. The normalized spacial score (nSPS) is 10.8. The van der Waals surface area contributed by atoms with Crippen LogP contribution in [0.15, 0.2) is 24.3 Å². The number of aromatic amines is 1. The average Bonchev–Trinajstić information content (AvgIpc) is 2.83. The van der Waals surface area contributed by atoms with Crippen LogP contribution in [-0.2, 0) is 4.74 Å². The summed E-state index contributed by atoms with van der Waals surface area (Å²) in [4.78, 5) is 19.4. The Morgan fingerprint density at radius 1 is 1.32 bits per heavy atom. The van der Waals surface area contributed by atoms with E-state index in [0.29, 0.717) is 11.5 Å². The highest BCUT2D eigenvalue weighted by Crippen LogP contribution is 2.25. The molecule has 4 nitrogen and oxygen atoms in total. The van der Waals surface area contributed by atoms with Gasteiger partial charge in [0.05, 0.1) is 12.8 Å². The number of aromatic nitrogens is 2. The van der Waals surface area contributed by atoms with Crippen molar-refractivity contribution in [1.29, 1.82) is 0 Å². The summed E-state index contributed by atoms with van der Waals surface area (Å²) in [5, 5.41) is 0. The molecule has 4 heteroatoms. The third-order valence-electron chi connectivity index (χ3n) is 3.09. The number of carbonyl (C=O) groups excluding carboxylic acids is 1. The molecule has 0 saturated heterocycles. The number of carbonyl (C=O) groups is 1. The summed E-state index contributed by atoms with van der Waals surface area (Å²) in [6, 6.07) is 7.94. The number of benzene rings is 1. The summed E-state index contributed by atoms with van der Waals surface area (Å²) in [6.07, 6.45) is 0. The fraction of sp³-hybridized carbons (Fsp3) is 0.333. The monoisotopic (exact) mass is 258 g/mol. The van der Waals surface area contributed by atoms with E-state index in [1.165, 1.54) is 7.11 Å². The van der Waals surface area contributed by atoms with Crippen LogP contribution in [0.25, 0.3) is 11.4 Å². The fourth-order valence-corrected chi connectivity index (χ4v) is 2.02. The molecule has 0 spiro atoms. The van der Waals surface area contributed by atoms with Crippen LogP contribution in [-0.4, -0.2) is 23.0 Å². The average molecular weight is 258 g/mol. The number of aryl methyl sites for hydroxylation is 1. The smallest absolute Gasteiger partial charge is 0.358 e. The van der Waals surface area contributed by atoms with E-state index in [4.69, 9.17) is 4.74 Å². The molecule has 1 N–H and O–H groups in total. The number of esters is 1. The lowest BCUT2D eigenvalue weighted by Crippen LogP contribution is -2.06. The van der Waals surface area contributed by atoms with Gasteiger partial charge in [-0.2, -0.15) is 0 Å². The van der Waals surface area contributed by atoms with Crippen LogP contribution in [0.3, 0.4) is 0 Å². The van der Waals surface area contributed by atoms with Gasteiger partial charge in [0.25, 0.3) is 0 Å². The van der Waals surface area contributed by atoms with Crippen LogP contribution in [0.4, 0.5) is 0 Å². The summed E-state index contributed by atoms with van der Waals surface area (Å²) in [5.74, 6) is 0.487. The van der Waals surface area contributed by atoms with Crippen LogP contribution < -0.4 is 0 Å². The first-order valence-electron chi connectivity index (χ1n) is 6.28. The second-order valence-corrected chi connectivity index (χ2v) is 4.81. The zero-order valence-corrected chi connectivity index (χ0v) is 11.7. The molecular weight excluding hydrogens is 240 g/mol. The molecule has 100 valence electrons. The lowest BCUT2D eigenvalue weighted by atomic mass is 10.1. The fourth-order valence-electron chi connectivity index (χ4n) is 2.02. The number of hydrogen-bond donors (Lipinski definition) is 1. The standard InChI is InChI=1S/C15H18N2O2/c1-9(2)12-13(15(18)19-4)17-14(16-12)11-8-6-5-7-10(11)3/h5-9H,1-4H3,(H,16,17). The van der Waals surface area contributed by atoms with E-state index in [9.17, 15) is 4.79 Å². The summed E-state index contributed by atoms with van der Waals surface area (Å²) in [6.45, 7) is 6.05. The number of nitrogens with one attached hydrogen (secondary N) is 1. The first-order chi connectivity index (χ1) is 9.04. The number of rotatable bonds is 3. The molecule has 0 radical (unpaired) electrons. The van der Waals surface area contributed by atoms with E-state index in [-0.39, 0.29) is 5.92 Å². The summed E-state index contributed by atoms with van der Waals surface area (Å²) >= 11 is 0. The van der Waals surface area contributed by atoms with Crippen molar-refractivity contribution in [3.63, 3.8) is 0 Å². The van der Waals surface area contributed by atoms with Gasteiger partial charge in [-0.1, -0.05) is 38.1 Å². The molecule has 0 unspecified atom stereocenters. The molecular formula is C15H18N2O2. The number of hydrogen-bond acceptors (Lipinski definition) is 3. The van der Waals surface area contributed by atoms with Gasteiger partial charge in [-0.25, -0.2) is 9.78 Å². The van der Waals surface area contributed by atoms with Crippen LogP contribution in [0, 0.1) is 6.92 Å². The Kier molecular flexibility index (Phi) is 3.69. The zero-order chi connectivity index (χ0) is 14.0. The first-order valence-corrected chi connectivity index (χ1v) is 6.28. The topological polar surface area (TPSA) is 55.0 Å². The van der Waals surface area contributed by atoms with Gasteiger partial charge < -0.3 is 9.72 Å². The number of imidazole rings is 1. The third kappa shape index (κ3) is 2.52. The van der Waals surface area contributed by atoms with E-state index in [1.807, 2.05) is 45.0 Å². The van der Waals surface area contributed by atoms with Crippen molar-refractivity contribution in [2.75, 3.05) is 7.11 Å². The van der Waals surface area contributed by atoms with Crippen LogP contribution >= 0.6 is 0 Å². The SMILES string of the molecule is COC(=O)c1nc(-c2ccccc2C)[nH]c1C(C)C. The maximum atomic E-state index is 11.8. The molecule has 0 aliphatic carbocycles. The minimum atomic E-state index is -0.403. The Hall–Kier alpha value is -2.10. The van der Waals surface area contributed by atoms with E-state index in [1.54, 1.807) is 0 Å². The molecule has 19 heavy (non-hydrogen) atoms. The lowest BCUT2D eigenvalue weighted by Gasteiger charge is -2.03. The minimum Gasteiger partial charge on any atom is -0.464 e. The zero-order valence-electron chi connectivity index (χ0n) is 11.7. The van der Waals surface area contributed by atoms with Gasteiger partial charge in [0.15, 0.2) is 5.69 Å². The van der Waals surface area contributed by atoms with Gasteiger partial charge in [-0.15, -0.1) is 0 Å². The van der Waals surface area contributed by atoms with Crippen LogP contribution in [0.1, 0.15) is 41.5 Å². The maximum absolute atomic E-state index is 11.8. The van der Waals surface area contributed by atoms with Crippen molar-refractivity contribution in [2.24, 2.45) is 0 Å². The van der Waals surface area contributed by atoms with Crippen molar-refractivity contribution in [1.82, 2.24) is 9.97 Å². The molecule has 1 aromatic heterocycles. The quantitative estimate of drug-likeness (QED) is 0.859. The van der Waals surface area contributed by atoms with Crippen molar-refractivity contribution in [3.8, 4) is 11.4 Å². The molecule has 0 atom stereocenters.